The molecule has 0 spiro atoms. The molecule has 1 aromatic rings. The molecule has 0 radical (unpaired) electrons. The van der Waals surface area contributed by atoms with Gasteiger partial charge in [-0.05, 0) is 40.4 Å². The largest absolute Gasteiger partial charge is 0.133 e. The van der Waals surface area contributed by atoms with Crippen LogP contribution in [0.4, 0.5) is 0 Å². The molecule has 1 heterocycles. The van der Waals surface area contributed by atoms with Crippen LogP contribution in [0.1, 0.15) is 18.2 Å². The summed E-state index contributed by atoms with van der Waals surface area (Å²) in [5, 5.41) is 0. The molecule has 1 aromatic heterocycles. The molecule has 2 rings (SSSR count). The minimum atomic E-state index is 0.387. The van der Waals surface area contributed by atoms with Gasteiger partial charge in [0, 0.05) is 16.2 Å². The molecule has 0 aliphatic heterocycles. The van der Waals surface area contributed by atoms with Gasteiger partial charge in [-0.25, -0.2) is 0 Å². The van der Waals surface area contributed by atoms with Gasteiger partial charge in [0.25, 0.3) is 0 Å². The normalized spacial score (nSPS) is 33.8. The van der Waals surface area contributed by atoms with Crippen molar-refractivity contribution in [1.29, 1.82) is 0 Å². The predicted octanol–water partition coefficient (Wildman–Crippen LogP) is 4.03. The van der Waals surface area contributed by atoms with E-state index in [4.69, 9.17) is 11.6 Å². The lowest BCUT2D eigenvalue weighted by atomic mass is 10.1. The van der Waals surface area contributed by atoms with Crippen molar-refractivity contribution >= 4 is 38.9 Å². The molecule has 0 nitrogen and oxygen atoms in total. The molecule has 1 aliphatic rings. The Hall–Kier alpha value is 0.470. The minimum Gasteiger partial charge on any atom is -0.133 e. The number of hydrogen-bond donors (Lipinski definition) is 0. The Kier molecular flexibility index (Phi) is 2.26. The van der Waals surface area contributed by atoms with E-state index in [9.17, 15) is 0 Å². The average molecular weight is 266 g/mol. The molecule has 1 aliphatic carbocycles. The molecular formula is C9H10BrClS. The van der Waals surface area contributed by atoms with E-state index in [2.05, 4.69) is 35.0 Å². The van der Waals surface area contributed by atoms with Crippen molar-refractivity contribution in [2.45, 2.75) is 18.8 Å². The first-order valence-electron chi connectivity index (χ1n) is 3.98. The number of hydrogen-bond acceptors (Lipinski definition) is 1. The molecule has 2 atom stereocenters. The first-order chi connectivity index (χ1) is 5.66. The summed E-state index contributed by atoms with van der Waals surface area (Å²) in [6.07, 6.45) is 1.25. The third kappa shape index (κ3) is 1.34. The highest BCUT2D eigenvalue weighted by molar-refractivity contribution is 9.11. The van der Waals surface area contributed by atoms with Crippen LogP contribution in [0.3, 0.4) is 0 Å². The monoisotopic (exact) mass is 264 g/mol. The standard InChI is InChI=1S/C9H10BrClS/c1-9(4-6(9)5-11)7-2-3-8(10)12-7/h2-3,6H,4-5H2,1H3. The molecule has 1 saturated carbocycles. The van der Waals surface area contributed by atoms with Gasteiger partial charge in [-0.3, -0.25) is 0 Å². The fourth-order valence-electron chi connectivity index (χ4n) is 1.60. The number of halogens is 2. The molecule has 3 heteroatoms. The Balaban J connectivity index is 2.22. The van der Waals surface area contributed by atoms with Crippen LogP contribution >= 0.6 is 38.9 Å². The van der Waals surface area contributed by atoms with Gasteiger partial charge in [-0.15, -0.1) is 22.9 Å². The van der Waals surface area contributed by atoms with Gasteiger partial charge in [0.15, 0.2) is 0 Å². The molecule has 1 fully saturated rings. The molecule has 0 amide bonds. The van der Waals surface area contributed by atoms with Gasteiger partial charge in [0.1, 0.15) is 0 Å². The van der Waals surface area contributed by atoms with Crippen LogP contribution in [0, 0.1) is 5.92 Å². The first kappa shape index (κ1) is 9.04. The highest BCUT2D eigenvalue weighted by atomic mass is 79.9. The molecule has 0 saturated heterocycles. The first-order valence-corrected chi connectivity index (χ1v) is 6.13. The number of alkyl halides is 1. The SMILES string of the molecule is CC1(c2ccc(Br)s2)CC1CCl. The summed E-state index contributed by atoms with van der Waals surface area (Å²) < 4.78 is 1.22. The van der Waals surface area contributed by atoms with Crippen LogP contribution in [0.2, 0.25) is 0 Å². The molecule has 12 heavy (non-hydrogen) atoms. The van der Waals surface area contributed by atoms with Crippen molar-refractivity contribution < 1.29 is 0 Å². The predicted molar refractivity (Wildman–Crippen MR) is 58.2 cm³/mol. The van der Waals surface area contributed by atoms with E-state index in [-0.39, 0.29) is 0 Å². The van der Waals surface area contributed by atoms with Crippen LogP contribution in [0.25, 0.3) is 0 Å². The number of rotatable bonds is 2. The lowest BCUT2D eigenvalue weighted by Crippen LogP contribution is -2.01. The second-order valence-corrected chi connectivity index (χ2v) is 6.35. The Morgan fingerprint density at radius 1 is 1.75 bits per heavy atom. The Morgan fingerprint density at radius 2 is 2.50 bits per heavy atom. The van der Waals surface area contributed by atoms with Crippen LogP contribution in [0.5, 0.6) is 0 Å². The quantitative estimate of drug-likeness (QED) is 0.708. The van der Waals surface area contributed by atoms with Gasteiger partial charge in [-0.2, -0.15) is 0 Å². The molecular weight excluding hydrogens is 256 g/mol. The summed E-state index contributed by atoms with van der Waals surface area (Å²) in [7, 11) is 0. The summed E-state index contributed by atoms with van der Waals surface area (Å²) in [5.74, 6) is 1.50. The van der Waals surface area contributed by atoms with Crippen molar-refractivity contribution in [1.82, 2.24) is 0 Å². The molecule has 0 N–H and O–H groups in total. The van der Waals surface area contributed by atoms with Crippen LogP contribution in [-0.2, 0) is 5.41 Å². The topological polar surface area (TPSA) is 0 Å². The van der Waals surface area contributed by atoms with Crippen molar-refractivity contribution in [2.75, 3.05) is 5.88 Å². The van der Waals surface area contributed by atoms with Crippen molar-refractivity contribution in [2.24, 2.45) is 5.92 Å². The van der Waals surface area contributed by atoms with Crippen molar-refractivity contribution in [3.8, 4) is 0 Å². The summed E-state index contributed by atoms with van der Waals surface area (Å²) in [4.78, 5) is 1.47. The lowest BCUT2D eigenvalue weighted by molar-refractivity contribution is 0.721. The fraction of sp³-hybridized carbons (Fsp3) is 0.556. The van der Waals surface area contributed by atoms with Crippen LogP contribution in [-0.4, -0.2) is 5.88 Å². The van der Waals surface area contributed by atoms with Crippen molar-refractivity contribution in [3.63, 3.8) is 0 Å². The maximum atomic E-state index is 5.83. The van der Waals surface area contributed by atoms with E-state index >= 15 is 0 Å². The summed E-state index contributed by atoms with van der Waals surface area (Å²) in [6, 6.07) is 4.33. The van der Waals surface area contributed by atoms with Gasteiger partial charge in [0.2, 0.25) is 0 Å². The maximum Gasteiger partial charge on any atom is 0.0701 e. The molecule has 66 valence electrons. The van der Waals surface area contributed by atoms with Crippen LogP contribution in [0.15, 0.2) is 15.9 Å². The summed E-state index contributed by atoms with van der Waals surface area (Å²) in [5.41, 5.74) is 0.387. The van der Waals surface area contributed by atoms with E-state index < -0.39 is 0 Å². The highest BCUT2D eigenvalue weighted by Gasteiger charge is 2.51. The Morgan fingerprint density at radius 3 is 2.92 bits per heavy atom. The maximum absolute atomic E-state index is 5.83. The molecule has 2 unspecified atom stereocenters. The van der Waals surface area contributed by atoms with E-state index in [0.29, 0.717) is 11.3 Å². The number of thiophene rings is 1. The highest BCUT2D eigenvalue weighted by Crippen LogP contribution is 2.56. The van der Waals surface area contributed by atoms with Gasteiger partial charge in [-0.1, -0.05) is 6.92 Å². The fourth-order valence-corrected chi connectivity index (χ4v) is 3.67. The van der Waals surface area contributed by atoms with E-state index in [1.807, 2.05) is 11.3 Å². The second-order valence-electron chi connectivity index (χ2n) is 3.58. The lowest BCUT2D eigenvalue weighted by Gasteiger charge is -2.05. The van der Waals surface area contributed by atoms with Gasteiger partial charge >= 0.3 is 0 Å². The van der Waals surface area contributed by atoms with Crippen molar-refractivity contribution in [3.05, 3.63) is 20.8 Å². The molecule has 0 bridgehead atoms. The summed E-state index contributed by atoms with van der Waals surface area (Å²) in [6.45, 7) is 2.30. The van der Waals surface area contributed by atoms with E-state index in [0.717, 1.165) is 5.88 Å². The van der Waals surface area contributed by atoms with Gasteiger partial charge < -0.3 is 0 Å². The zero-order valence-electron chi connectivity index (χ0n) is 6.81. The summed E-state index contributed by atoms with van der Waals surface area (Å²) >= 11 is 11.1. The van der Waals surface area contributed by atoms with E-state index in [1.165, 1.54) is 15.1 Å². The van der Waals surface area contributed by atoms with Crippen LogP contribution < -0.4 is 0 Å². The second kappa shape index (κ2) is 3.00. The third-order valence-corrected chi connectivity index (χ3v) is 5.01. The third-order valence-electron chi connectivity index (χ3n) is 2.73. The van der Waals surface area contributed by atoms with E-state index in [1.54, 1.807) is 0 Å². The Bertz CT molecular complexity index is 296. The van der Waals surface area contributed by atoms with Gasteiger partial charge in [0.05, 0.1) is 3.79 Å². The smallest absolute Gasteiger partial charge is 0.0701 e. The molecule has 0 aromatic carbocycles. The minimum absolute atomic E-state index is 0.387. The zero-order chi connectivity index (χ0) is 8.77. The Labute approximate surface area is 90.1 Å². The average Bonchev–Trinajstić information content (AvgIpc) is 2.50. The zero-order valence-corrected chi connectivity index (χ0v) is 9.97.